The standard InChI is InChI=1S/C23H22O3/c1-2-3-11-19-14-7-9-16-21(19)25-23(24)26-22-17-10-8-15-20(22)18-12-5-4-6-13-18/h4-10,12-17H,2-3,11H2,1H3. The molecule has 0 unspecified atom stereocenters. The molecule has 0 saturated carbocycles. The molecular weight excluding hydrogens is 324 g/mol. The number of carbonyl (C=O) groups excluding carboxylic acids is 1. The first-order chi connectivity index (χ1) is 12.8. The van der Waals surface area contributed by atoms with E-state index in [1.54, 1.807) is 12.1 Å². The van der Waals surface area contributed by atoms with Gasteiger partial charge in [0.25, 0.3) is 0 Å². The highest BCUT2D eigenvalue weighted by molar-refractivity contribution is 5.75. The summed E-state index contributed by atoms with van der Waals surface area (Å²) >= 11 is 0. The van der Waals surface area contributed by atoms with Gasteiger partial charge in [-0.1, -0.05) is 80.1 Å². The topological polar surface area (TPSA) is 35.5 Å². The van der Waals surface area contributed by atoms with E-state index in [1.807, 2.05) is 66.7 Å². The van der Waals surface area contributed by atoms with Crippen molar-refractivity contribution in [3.05, 3.63) is 84.4 Å². The number of ether oxygens (including phenoxy) is 2. The van der Waals surface area contributed by atoms with Crippen LogP contribution in [0.15, 0.2) is 78.9 Å². The van der Waals surface area contributed by atoms with Crippen LogP contribution in [-0.4, -0.2) is 6.16 Å². The van der Waals surface area contributed by atoms with Crippen LogP contribution < -0.4 is 9.47 Å². The van der Waals surface area contributed by atoms with E-state index in [4.69, 9.17) is 9.47 Å². The SMILES string of the molecule is CCCCc1ccccc1OC(=O)Oc1ccccc1-c1ccccc1. The Morgan fingerprint density at radius 2 is 1.38 bits per heavy atom. The molecule has 0 aliphatic rings. The van der Waals surface area contributed by atoms with Crippen LogP contribution in [0.2, 0.25) is 0 Å². The number of unbranched alkanes of at least 4 members (excludes halogenated alkanes) is 1. The Morgan fingerprint density at radius 3 is 2.15 bits per heavy atom. The fourth-order valence-electron chi connectivity index (χ4n) is 2.79. The molecule has 3 nitrogen and oxygen atoms in total. The number of rotatable bonds is 6. The number of carbonyl (C=O) groups is 1. The molecular formula is C23H22O3. The Kier molecular flexibility index (Phi) is 6.05. The summed E-state index contributed by atoms with van der Waals surface area (Å²) in [5.41, 5.74) is 2.85. The van der Waals surface area contributed by atoms with Crippen molar-refractivity contribution >= 4 is 6.16 Å². The first kappa shape index (κ1) is 17.7. The van der Waals surface area contributed by atoms with Crippen LogP contribution in [0.25, 0.3) is 11.1 Å². The summed E-state index contributed by atoms with van der Waals surface area (Å²) in [6, 6.07) is 24.9. The van der Waals surface area contributed by atoms with E-state index in [2.05, 4.69) is 6.92 Å². The zero-order valence-electron chi connectivity index (χ0n) is 14.9. The minimum Gasteiger partial charge on any atom is -0.394 e. The predicted molar refractivity (Wildman–Crippen MR) is 104 cm³/mol. The molecule has 3 heteroatoms. The van der Waals surface area contributed by atoms with Gasteiger partial charge in [-0.15, -0.1) is 0 Å². The predicted octanol–water partition coefficient (Wildman–Crippen LogP) is 6.27. The molecule has 0 aliphatic carbocycles. The summed E-state index contributed by atoms with van der Waals surface area (Å²) in [6.45, 7) is 2.14. The molecule has 0 atom stereocenters. The van der Waals surface area contributed by atoms with Crippen molar-refractivity contribution in [1.82, 2.24) is 0 Å². The van der Waals surface area contributed by atoms with Gasteiger partial charge in [-0.05, 0) is 36.1 Å². The first-order valence-electron chi connectivity index (χ1n) is 8.90. The van der Waals surface area contributed by atoms with Crippen molar-refractivity contribution in [3.63, 3.8) is 0 Å². The van der Waals surface area contributed by atoms with Crippen LogP contribution >= 0.6 is 0 Å². The lowest BCUT2D eigenvalue weighted by molar-refractivity contribution is 0.151. The molecule has 132 valence electrons. The molecule has 0 N–H and O–H groups in total. The molecule has 0 saturated heterocycles. The molecule has 26 heavy (non-hydrogen) atoms. The fraction of sp³-hybridized carbons (Fsp3) is 0.174. The Hall–Kier alpha value is -3.07. The zero-order valence-corrected chi connectivity index (χ0v) is 14.9. The third-order valence-electron chi connectivity index (χ3n) is 4.13. The maximum atomic E-state index is 12.3. The molecule has 3 aromatic rings. The van der Waals surface area contributed by atoms with E-state index in [1.165, 1.54) is 0 Å². The van der Waals surface area contributed by atoms with Crippen molar-refractivity contribution < 1.29 is 14.3 Å². The molecule has 0 aliphatic heterocycles. The van der Waals surface area contributed by atoms with E-state index < -0.39 is 6.16 Å². The normalized spacial score (nSPS) is 10.3. The van der Waals surface area contributed by atoms with Gasteiger partial charge in [0.15, 0.2) is 0 Å². The molecule has 0 amide bonds. The fourth-order valence-corrected chi connectivity index (χ4v) is 2.79. The van der Waals surface area contributed by atoms with E-state index in [0.717, 1.165) is 36.0 Å². The zero-order chi connectivity index (χ0) is 18.2. The number of hydrogen-bond donors (Lipinski definition) is 0. The highest BCUT2D eigenvalue weighted by Gasteiger charge is 2.14. The summed E-state index contributed by atoms with van der Waals surface area (Å²) in [4.78, 5) is 12.3. The average Bonchev–Trinajstić information content (AvgIpc) is 2.68. The molecule has 3 rings (SSSR count). The number of hydrogen-bond acceptors (Lipinski definition) is 3. The van der Waals surface area contributed by atoms with Gasteiger partial charge in [0.2, 0.25) is 0 Å². The smallest absolute Gasteiger partial charge is 0.394 e. The summed E-state index contributed by atoms with van der Waals surface area (Å²) in [5.74, 6) is 1.04. The summed E-state index contributed by atoms with van der Waals surface area (Å²) in [7, 11) is 0. The molecule has 0 aromatic heterocycles. The molecule has 0 spiro atoms. The Bertz CT molecular complexity index is 856. The highest BCUT2D eigenvalue weighted by atomic mass is 16.7. The Morgan fingerprint density at radius 1 is 0.769 bits per heavy atom. The number of aryl methyl sites for hydroxylation is 1. The van der Waals surface area contributed by atoms with E-state index in [0.29, 0.717) is 11.5 Å². The van der Waals surface area contributed by atoms with Crippen LogP contribution in [0, 0.1) is 0 Å². The monoisotopic (exact) mass is 346 g/mol. The van der Waals surface area contributed by atoms with Crippen LogP contribution in [0.4, 0.5) is 4.79 Å². The second-order valence-electron chi connectivity index (χ2n) is 6.03. The van der Waals surface area contributed by atoms with Crippen LogP contribution in [0.5, 0.6) is 11.5 Å². The van der Waals surface area contributed by atoms with E-state index in [9.17, 15) is 4.79 Å². The summed E-state index contributed by atoms with van der Waals surface area (Å²) in [6.07, 6.45) is 2.29. The van der Waals surface area contributed by atoms with Gasteiger partial charge in [-0.2, -0.15) is 0 Å². The Labute approximate surface area is 154 Å². The van der Waals surface area contributed by atoms with Gasteiger partial charge in [-0.3, -0.25) is 0 Å². The van der Waals surface area contributed by atoms with Gasteiger partial charge in [0.1, 0.15) is 11.5 Å². The maximum Gasteiger partial charge on any atom is 0.519 e. The third-order valence-corrected chi connectivity index (χ3v) is 4.13. The van der Waals surface area contributed by atoms with E-state index in [-0.39, 0.29) is 0 Å². The molecule has 0 heterocycles. The average molecular weight is 346 g/mol. The molecule has 3 aromatic carbocycles. The van der Waals surface area contributed by atoms with Crippen molar-refractivity contribution in [3.8, 4) is 22.6 Å². The minimum atomic E-state index is -0.725. The van der Waals surface area contributed by atoms with Gasteiger partial charge < -0.3 is 9.47 Å². The van der Waals surface area contributed by atoms with Crippen molar-refractivity contribution in [2.75, 3.05) is 0 Å². The maximum absolute atomic E-state index is 12.3. The molecule has 0 fully saturated rings. The first-order valence-corrected chi connectivity index (χ1v) is 8.90. The highest BCUT2D eigenvalue weighted by Crippen LogP contribution is 2.30. The van der Waals surface area contributed by atoms with Crippen molar-refractivity contribution in [2.24, 2.45) is 0 Å². The summed E-state index contributed by atoms with van der Waals surface area (Å²) in [5, 5.41) is 0. The number of para-hydroxylation sites is 2. The van der Waals surface area contributed by atoms with Crippen molar-refractivity contribution in [2.45, 2.75) is 26.2 Å². The lowest BCUT2D eigenvalue weighted by Gasteiger charge is -2.12. The quantitative estimate of drug-likeness (QED) is 0.389. The van der Waals surface area contributed by atoms with Gasteiger partial charge in [-0.25, -0.2) is 4.79 Å². The minimum absolute atomic E-state index is 0.481. The van der Waals surface area contributed by atoms with Crippen molar-refractivity contribution in [1.29, 1.82) is 0 Å². The second-order valence-corrected chi connectivity index (χ2v) is 6.03. The lowest BCUT2D eigenvalue weighted by Crippen LogP contribution is -2.15. The van der Waals surface area contributed by atoms with Gasteiger partial charge in [0.05, 0.1) is 0 Å². The largest absolute Gasteiger partial charge is 0.519 e. The summed E-state index contributed by atoms with van der Waals surface area (Å²) < 4.78 is 11.0. The number of benzene rings is 3. The van der Waals surface area contributed by atoms with Gasteiger partial charge in [0, 0.05) is 5.56 Å². The van der Waals surface area contributed by atoms with E-state index >= 15 is 0 Å². The van der Waals surface area contributed by atoms with Crippen LogP contribution in [0.3, 0.4) is 0 Å². The Balaban J connectivity index is 1.76. The molecule has 0 bridgehead atoms. The van der Waals surface area contributed by atoms with Crippen LogP contribution in [-0.2, 0) is 6.42 Å². The third kappa shape index (κ3) is 4.51. The molecule has 0 radical (unpaired) electrons. The lowest BCUT2D eigenvalue weighted by atomic mass is 10.1. The second kappa shape index (κ2) is 8.86. The van der Waals surface area contributed by atoms with Crippen LogP contribution in [0.1, 0.15) is 25.3 Å². The van der Waals surface area contributed by atoms with Gasteiger partial charge >= 0.3 is 6.16 Å².